The molecule has 0 aliphatic rings. The van der Waals surface area contributed by atoms with Crippen molar-refractivity contribution in [2.75, 3.05) is 0 Å². The highest BCUT2D eigenvalue weighted by Crippen LogP contribution is 2.29. The zero-order chi connectivity index (χ0) is 11.8. The zero-order valence-electron chi connectivity index (χ0n) is 7.87. The summed E-state index contributed by atoms with van der Waals surface area (Å²) in [6.45, 7) is 0. The lowest BCUT2D eigenvalue weighted by atomic mass is 10.2. The first-order valence-electron chi connectivity index (χ1n) is 4.35. The van der Waals surface area contributed by atoms with Gasteiger partial charge < -0.3 is 0 Å². The molecule has 1 aromatic heterocycles. The third-order valence-electron chi connectivity index (χ3n) is 2.02. The summed E-state index contributed by atoms with van der Waals surface area (Å²) in [4.78, 5) is 0. The Balaban J connectivity index is 2.33. The minimum Gasteiger partial charge on any atom is -0.239 e. The van der Waals surface area contributed by atoms with Crippen LogP contribution >= 0.6 is 11.6 Å². The van der Waals surface area contributed by atoms with E-state index in [0.29, 0.717) is 10.8 Å². The third-order valence-corrected chi connectivity index (χ3v) is 2.22. The molecule has 1 aromatic carbocycles. The molecule has 2 rings (SSSR count). The van der Waals surface area contributed by atoms with E-state index in [0.717, 1.165) is 12.1 Å². The second kappa shape index (κ2) is 3.83. The smallest absolute Gasteiger partial charge is 0.239 e. The van der Waals surface area contributed by atoms with Crippen molar-refractivity contribution in [3.63, 3.8) is 0 Å². The summed E-state index contributed by atoms with van der Waals surface area (Å²) < 4.78 is 38.3. The Bertz CT molecular complexity index is 488. The molecule has 2 aromatic rings. The van der Waals surface area contributed by atoms with Gasteiger partial charge in [0.1, 0.15) is 0 Å². The summed E-state index contributed by atoms with van der Waals surface area (Å²) in [6.07, 6.45) is -2.74. The first kappa shape index (κ1) is 11.0. The molecule has 6 heteroatoms. The Labute approximate surface area is 94.3 Å². The van der Waals surface area contributed by atoms with Gasteiger partial charge >= 0.3 is 6.18 Å². The molecule has 16 heavy (non-hydrogen) atoms. The molecule has 0 spiro atoms. The number of alkyl halides is 3. The van der Waals surface area contributed by atoms with Crippen LogP contribution in [0.15, 0.2) is 36.5 Å². The number of aromatic nitrogens is 2. The van der Waals surface area contributed by atoms with Crippen molar-refractivity contribution >= 4 is 11.6 Å². The molecule has 0 fully saturated rings. The Morgan fingerprint density at radius 3 is 2.12 bits per heavy atom. The molecule has 0 radical (unpaired) electrons. The Morgan fingerprint density at radius 2 is 1.69 bits per heavy atom. The van der Waals surface area contributed by atoms with E-state index in [9.17, 15) is 13.2 Å². The maximum absolute atomic E-state index is 12.3. The van der Waals surface area contributed by atoms with Crippen LogP contribution in [-0.4, -0.2) is 9.78 Å². The van der Waals surface area contributed by atoms with Crippen LogP contribution in [0, 0.1) is 0 Å². The van der Waals surface area contributed by atoms with Gasteiger partial charge in [0.2, 0.25) is 0 Å². The van der Waals surface area contributed by atoms with E-state index in [1.807, 2.05) is 0 Å². The van der Waals surface area contributed by atoms with Crippen molar-refractivity contribution in [1.29, 1.82) is 0 Å². The Kier molecular flexibility index (Phi) is 2.63. The van der Waals surface area contributed by atoms with Gasteiger partial charge in [0.05, 0.1) is 11.3 Å². The fraction of sp³-hybridized carbons (Fsp3) is 0.100. The van der Waals surface area contributed by atoms with E-state index in [1.54, 1.807) is 12.3 Å². The Hall–Kier alpha value is -1.49. The van der Waals surface area contributed by atoms with Gasteiger partial charge in [-0.25, -0.2) is 4.68 Å². The maximum Gasteiger partial charge on any atom is 0.416 e. The van der Waals surface area contributed by atoms with Crippen LogP contribution in [0.3, 0.4) is 0 Å². The molecule has 1 heterocycles. The number of hydrogen-bond acceptors (Lipinski definition) is 1. The molecule has 84 valence electrons. The summed E-state index contributed by atoms with van der Waals surface area (Å²) in [5.41, 5.74) is -0.158. The molecule has 0 N–H and O–H groups in total. The van der Waals surface area contributed by atoms with Gasteiger partial charge in [-0.3, -0.25) is 0 Å². The van der Waals surface area contributed by atoms with Gasteiger partial charge in [-0.1, -0.05) is 11.6 Å². The van der Waals surface area contributed by atoms with Crippen molar-refractivity contribution < 1.29 is 13.2 Å². The van der Waals surface area contributed by atoms with Crippen LogP contribution in [-0.2, 0) is 6.18 Å². The van der Waals surface area contributed by atoms with Crippen LogP contribution in [0.25, 0.3) is 5.69 Å². The third kappa shape index (κ3) is 2.19. The molecule has 0 saturated carbocycles. The number of halogens is 4. The molecule has 0 amide bonds. The fourth-order valence-electron chi connectivity index (χ4n) is 1.25. The number of rotatable bonds is 1. The van der Waals surface area contributed by atoms with Gasteiger partial charge in [0.25, 0.3) is 0 Å². The maximum atomic E-state index is 12.3. The molecule has 0 saturated heterocycles. The van der Waals surface area contributed by atoms with Crippen LogP contribution in [0.5, 0.6) is 0 Å². The van der Waals surface area contributed by atoms with E-state index >= 15 is 0 Å². The second-order valence-corrected chi connectivity index (χ2v) is 3.51. The predicted octanol–water partition coefficient (Wildman–Crippen LogP) is 3.54. The lowest BCUT2D eigenvalue weighted by molar-refractivity contribution is -0.137. The van der Waals surface area contributed by atoms with Gasteiger partial charge in [-0.05, 0) is 30.3 Å². The van der Waals surface area contributed by atoms with Crippen molar-refractivity contribution in [1.82, 2.24) is 9.78 Å². The monoisotopic (exact) mass is 246 g/mol. The van der Waals surface area contributed by atoms with Gasteiger partial charge in [-0.15, -0.1) is 0 Å². The lowest BCUT2D eigenvalue weighted by Gasteiger charge is -2.07. The molecule has 0 bridgehead atoms. The van der Waals surface area contributed by atoms with E-state index in [1.165, 1.54) is 16.8 Å². The summed E-state index contributed by atoms with van der Waals surface area (Å²) in [5.74, 6) is 0. The van der Waals surface area contributed by atoms with Crippen molar-refractivity contribution in [2.24, 2.45) is 0 Å². The van der Waals surface area contributed by atoms with Gasteiger partial charge in [-0.2, -0.15) is 18.3 Å². The molecule has 0 atom stereocenters. The van der Waals surface area contributed by atoms with Crippen molar-refractivity contribution in [3.05, 3.63) is 47.2 Å². The second-order valence-electron chi connectivity index (χ2n) is 3.13. The molecular weight excluding hydrogens is 241 g/mol. The molecule has 0 aliphatic heterocycles. The largest absolute Gasteiger partial charge is 0.416 e. The minimum atomic E-state index is -4.32. The number of benzene rings is 1. The number of hydrogen-bond donors (Lipinski definition) is 0. The van der Waals surface area contributed by atoms with Crippen LogP contribution in [0.2, 0.25) is 5.15 Å². The molecule has 2 nitrogen and oxygen atoms in total. The van der Waals surface area contributed by atoms with Gasteiger partial charge in [0.15, 0.2) is 5.15 Å². The first-order chi connectivity index (χ1) is 7.47. The summed E-state index contributed by atoms with van der Waals surface area (Å²) >= 11 is 5.60. The van der Waals surface area contributed by atoms with E-state index in [-0.39, 0.29) is 0 Å². The Morgan fingerprint density at radius 1 is 1.06 bits per heavy atom. The van der Waals surface area contributed by atoms with Crippen molar-refractivity contribution in [3.8, 4) is 5.69 Å². The minimum absolute atomic E-state index is 0.292. The van der Waals surface area contributed by atoms with E-state index in [4.69, 9.17) is 11.6 Å². The summed E-state index contributed by atoms with van der Waals surface area (Å²) in [7, 11) is 0. The summed E-state index contributed by atoms with van der Waals surface area (Å²) in [6, 6.07) is 6.24. The van der Waals surface area contributed by atoms with E-state index < -0.39 is 11.7 Å². The fourth-order valence-corrected chi connectivity index (χ4v) is 1.39. The average molecular weight is 247 g/mol. The van der Waals surface area contributed by atoms with Crippen LogP contribution in [0.4, 0.5) is 13.2 Å². The highest BCUT2D eigenvalue weighted by atomic mass is 35.5. The van der Waals surface area contributed by atoms with Crippen LogP contribution < -0.4 is 0 Å². The predicted molar refractivity (Wildman–Crippen MR) is 53.6 cm³/mol. The van der Waals surface area contributed by atoms with Crippen LogP contribution in [0.1, 0.15) is 5.56 Å². The summed E-state index contributed by atoms with van der Waals surface area (Å²) in [5, 5.41) is 4.17. The quantitative estimate of drug-likeness (QED) is 0.752. The highest BCUT2D eigenvalue weighted by Gasteiger charge is 2.29. The zero-order valence-corrected chi connectivity index (χ0v) is 8.63. The standard InChI is InChI=1S/C10H6ClF3N2/c11-9-5-6-16(15-9)8-3-1-7(2-4-8)10(12,13)14/h1-6H. The topological polar surface area (TPSA) is 17.8 Å². The molecule has 0 unspecified atom stereocenters. The SMILES string of the molecule is FC(F)(F)c1ccc(-n2ccc(Cl)n2)cc1. The normalized spacial score (nSPS) is 11.8. The number of nitrogens with zero attached hydrogens (tertiary/aromatic N) is 2. The molecule has 0 aliphatic carbocycles. The van der Waals surface area contributed by atoms with Gasteiger partial charge in [0, 0.05) is 6.20 Å². The molecular formula is C10H6ClF3N2. The lowest BCUT2D eigenvalue weighted by Crippen LogP contribution is -2.05. The highest BCUT2D eigenvalue weighted by molar-refractivity contribution is 6.29. The first-order valence-corrected chi connectivity index (χ1v) is 4.73. The van der Waals surface area contributed by atoms with E-state index in [2.05, 4.69) is 5.10 Å². The average Bonchev–Trinajstić information content (AvgIpc) is 2.64. The van der Waals surface area contributed by atoms with Crippen molar-refractivity contribution in [2.45, 2.75) is 6.18 Å².